The van der Waals surface area contributed by atoms with Crippen LogP contribution in [0.25, 0.3) is 0 Å². The third-order valence-electron chi connectivity index (χ3n) is 3.92. The van der Waals surface area contributed by atoms with E-state index in [9.17, 15) is 0 Å². The lowest BCUT2D eigenvalue weighted by atomic mass is 9.93. The first-order valence-electron chi connectivity index (χ1n) is 6.82. The van der Waals surface area contributed by atoms with Crippen molar-refractivity contribution in [3.05, 3.63) is 30.3 Å². The number of thioether (sulfide) groups is 2. The fourth-order valence-electron chi connectivity index (χ4n) is 2.92. The maximum atomic E-state index is 6.04. The molecule has 1 aromatic carbocycles. The van der Waals surface area contributed by atoms with Gasteiger partial charge in [-0.25, -0.2) is 0 Å². The highest BCUT2D eigenvalue weighted by Crippen LogP contribution is 2.48. The molecule has 0 N–H and O–H groups in total. The Hall–Kier alpha value is -0.120. The van der Waals surface area contributed by atoms with Crippen LogP contribution in [0.15, 0.2) is 35.2 Å². The van der Waals surface area contributed by atoms with Gasteiger partial charge in [-0.1, -0.05) is 18.2 Å². The molecule has 3 heteroatoms. The molecular formula is C15H20OS2. The number of hydrogen-bond acceptors (Lipinski definition) is 3. The smallest absolute Gasteiger partial charge is 0.0726 e. The molecule has 0 amide bonds. The van der Waals surface area contributed by atoms with Gasteiger partial charge in [0.1, 0.15) is 0 Å². The van der Waals surface area contributed by atoms with Gasteiger partial charge in [0.05, 0.1) is 6.10 Å². The van der Waals surface area contributed by atoms with E-state index in [1.165, 1.54) is 42.1 Å². The maximum absolute atomic E-state index is 6.04. The summed E-state index contributed by atoms with van der Waals surface area (Å²) < 4.78 is 6.37. The Bertz CT molecular complexity index is 367. The van der Waals surface area contributed by atoms with Gasteiger partial charge in [0, 0.05) is 16.2 Å². The summed E-state index contributed by atoms with van der Waals surface area (Å²) in [5.41, 5.74) is 0. The molecule has 2 fully saturated rings. The summed E-state index contributed by atoms with van der Waals surface area (Å²) >= 11 is 4.17. The molecule has 18 heavy (non-hydrogen) atoms. The summed E-state index contributed by atoms with van der Waals surface area (Å²) in [6.45, 7) is 0.967. The van der Waals surface area contributed by atoms with Gasteiger partial charge >= 0.3 is 0 Å². The van der Waals surface area contributed by atoms with E-state index in [1.807, 2.05) is 0 Å². The zero-order chi connectivity index (χ0) is 12.3. The molecule has 1 unspecified atom stereocenters. The zero-order valence-corrected chi connectivity index (χ0v) is 12.3. The molecule has 2 heterocycles. The minimum Gasteiger partial charge on any atom is -0.377 e. The Labute approximate surface area is 118 Å². The monoisotopic (exact) mass is 280 g/mol. The first-order valence-corrected chi connectivity index (χ1v) is 8.80. The first kappa shape index (κ1) is 12.9. The van der Waals surface area contributed by atoms with Crippen LogP contribution in [0.1, 0.15) is 25.7 Å². The fraction of sp³-hybridized carbons (Fsp3) is 0.600. The van der Waals surface area contributed by atoms with Crippen LogP contribution in [0, 0.1) is 0 Å². The molecule has 1 aromatic rings. The van der Waals surface area contributed by atoms with E-state index < -0.39 is 0 Å². The molecule has 1 atom stereocenters. The van der Waals surface area contributed by atoms with Crippen molar-refractivity contribution >= 4 is 23.5 Å². The van der Waals surface area contributed by atoms with Gasteiger partial charge < -0.3 is 4.74 Å². The number of benzene rings is 1. The molecule has 0 aliphatic carbocycles. The van der Waals surface area contributed by atoms with E-state index in [2.05, 4.69) is 53.9 Å². The summed E-state index contributed by atoms with van der Waals surface area (Å²) in [5, 5.41) is 0. The molecule has 0 spiro atoms. The normalized spacial score (nSPS) is 27.2. The molecule has 0 radical (unpaired) electrons. The quantitative estimate of drug-likeness (QED) is 0.820. The minimum absolute atomic E-state index is 0.336. The number of hydrogen-bond donors (Lipinski definition) is 0. The molecule has 1 nitrogen and oxygen atoms in total. The molecule has 2 saturated heterocycles. The number of rotatable bonds is 3. The van der Waals surface area contributed by atoms with Crippen LogP contribution in [0.5, 0.6) is 0 Å². The van der Waals surface area contributed by atoms with Crippen molar-refractivity contribution in [1.29, 1.82) is 0 Å². The van der Waals surface area contributed by atoms with Crippen molar-refractivity contribution in [3.8, 4) is 0 Å². The maximum Gasteiger partial charge on any atom is 0.0726 e. The molecular weight excluding hydrogens is 260 g/mol. The lowest BCUT2D eigenvalue weighted by Crippen LogP contribution is -2.42. The van der Waals surface area contributed by atoms with Crippen LogP contribution in [-0.4, -0.2) is 29.0 Å². The molecule has 3 rings (SSSR count). The average molecular weight is 280 g/mol. The van der Waals surface area contributed by atoms with Crippen molar-refractivity contribution in [2.45, 2.75) is 41.4 Å². The van der Waals surface area contributed by atoms with Gasteiger partial charge in [0.15, 0.2) is 0 Å². The Morgan fingerprint density at radius 1 is 1.17 bits per heavy atom. The summed E-state index contributed by atoms with van der Waals surface area (Å²) in [4.78, 5) is 1.40. The van der Waals surface area contributed by atoms with Crippen LogP contribution in [0.2, 0.25) is 0 Å². The Kier molecular flexibility index (Phi) is 4.22. The third-order valence-corrected chi connectivity index (χ3v) is 6.49. The second-order valence-corrected chi connectivity index (χ2v) is 7.81. The number of ether oxygens (including phenoxy) is 1. The van der Waals surface area contributed by atoms with Gasteiger partial charge in [-0.2, -0.15) is 11.8 Å². The molecule has 2 aliphatic heterocycles. The van der Waals surface area contributed by atoms with E-state index in [1.54, 1.807) is 0 Å². The van der Waals surface area contributed by atoms with E-state index in [0.29, 0.717) is 10.9 Å². The van der Waals surface area contributed by atoms with Gasteiger partial charge in [-0.15, -0.1) is 11.8 Å². The topological polar surface area (TPSA) is 9.23 Å². The SMILES string of the molecule is c1ccc(SC2(C3CCCO3)CCSCC2)cc1. The lowest BCUT2D eigenvalue weighted by molar-refractivity contribution is 0.0747. The average Bonchev–Trinajstić information content (AvgIpc) is 2.95. The summed E-state index contributed by atoms with van der Waals surface area (Å²) in [5.74, 6) is 2.58. The highest BCUT2D eigenvalue weighted by Gasteiger charge is 2.43. The lowest BCUT2D eigenvalue weighted by Gasteiger charge is -2.40. The molecule has 0 bridgehead atoms. The summed E-state index contributed by atoms with van der Waals surface area (Å²) in [7, 11) is 0. The molecule has 0 saturated carbocycles. The Morgan fingerprint density at radius 2 is 1.94 bits per heavy atom. The van der Waals surface area contributed by atoms with Crippen LogP contribution in [-0.2, 0) is 4.74 Å². The van der Waals surface area contributed by atoms with Crippen molar-refractivity contribution in [1.82, 2.24) is 0 Å². The van der Waals surface area contributed by atoms with E-state index in [0.717, 1.165) is 6.61 Å². The summed E-state index contributed by atoms with van der Waals surface area (Å²) in [6, 6.07) is 10.9. The molecule has 2 aliphatic rings. The first-order chi connectivity index (χ1) is 8.89. The van der Waals surface area contributed by atoms with Crippen molar-refractivity contribution < 1.29 is 4.74 Å². The predicted molar refractivity (Wildman–Crippen MR) is 80.6 cm³/mol. The van der Waals surface area contributed by atoms with Crippen LogP contribution in [0.4, 0.5) is 0 Å². The highest BCUT2D eigenvalue weighted by molar-refractivity contribution is 8.01. The van der Waals surface area contributed by atoms with Crippen molar-refractivity contribution in [3.63, 3.8) is 0 Å². The molecule has 0 aromatic heterocycles. The van der Waals surface area contributed by atoms with Gasteiger partial charge in [-0.05, 0) is 49.3 Å². The van der Waals surface area contributed by atoms with E-state index in [4.69, 9.17) is 4.74 Å². The predicted octanol–water partition coefficient (Wildman–Crippen LogP) is 4.22. The van der Waals surface area contributed by atoms with Crippen LogP contribution >= 0.6 is 23.5 Å². The van der Waals surface area contributed by atoms with Gasteiger partial charge in [0.25, 0.3) is 0 Å². The third kappa shape index (κ3) is 2.73. The Balaban J connectivity index is 1.80. The van der Waals surface area contributed by atoms with Gasteiger partial charge in [-0.3, -0.25) is 0 Å². The fourth-order valence-corrected chi connectivity index (χ4v) is 5.89. The molecule has 98 valence electrons. The van der Waals surface area contributed by atoms with Crippen LogP contribution < -0.4 is 0 Å². The second-order valence-electron chi connectivity index (χ2n) is 5.09. The largest absolute Gasteiger partial charge is 0.377 e. The second kappa shape index (κ2) is 5.89. The minimum atomic E-state index is 0.336. The van der Waals surface area contributed by atoms with E-state index >= 15 is 0 Å². The zero-order valence-electron chi connectivity index (χ0n) is 10.6. The van der Waals surface area contributed by atoms with Crippen LogP contribution in [0.3, 0.4) is 0 Å². The highest BCUT2D eigenvalue weighted by atomic mass is 32.2. The van der Waals surface area contributed by atoms with Crippen molar-refractivity contribution in [2.75, 3.05) is 18.1 Å². The van der Waals surface area contributed by atoms with E-state index in [-0.39, 0.29) is 0 Å². The van der Waals surface area contributed by atoms with Crippen molar-refractivity contribution in [2.24, 2.45) is 0 Å². The summed E-state index contributed by atoms with van der Waals surface area (Å²) in [6.07, 6.45) is 5.56. The Morgan fingerprint density at radius 3 is 2.61 bits per heavy atom. The van der Waals surface area contributed by atoms with Gasteiger partial charge in [0.2, 0.25) is 0 Å². The standard InChI is InChI=1S/C15H20OS2/c1-2-5-13(6-3-1)18-15(8-11-17-12-9-15)14-7-4-10-16-14/h1-3,5-6,14H,4,7-12H2.